The lowest BCUT2D eigenvalue weighted by Gasteiger charge is -2.34. The second kappa shape index (κ2) is 12.2. The molecule has 28 heavy (non-hydrogen) atoms. The first-order valence-corrected chi connectivity index (χ1v) is 10.4. The quantitative estimate of drug-likeness (QED) is 0.198. The van der Waals surface area contributed by atoms with E-state index in [1.54, 1.807) is 11.8 Å². The van der Waals surface area contributed by atoms with Crippen molar-refractivity contribution in [1.29, 1.82) is 0 Å². The number of thioether (sulfide) groups is 1. The summed E-state index contributed by atoms with van der Waals surface area (Å²) in [6.07, 6.45) is 2.19. The van der Waals surface area contributed by atoms with Crippen LogP contribution in [0.25, 0.3) is 0 Å². The number of hydrogen-bond acceptors (Lipinski definition) is 3. The Bertz CT molecular complexity index is 719. The number of aliphatic imine (C=N–C) groups is 1. The summed E-state index contributed by atoms with van der Waals surface area (Å²) in [6, 6.07) is 17.7. The third-order valence-corrected chi connectivity index (χ3v) is 5.67. The fourth-order valence-electron chi connectivity index (χ4n) is 3.18. The van der Waals surface area contributed by atoms with Gasteiger partial charge in [-0.3, -0.25) is 4.99 Å². The van der Waals surface area contributed by atoms with Crippen molar-refractivity contribution in [2.45, 2.75) is 23.8 Å². The summed E-state index contributed by atoms with van der Waals surface area (Å²) >= 11 is 1.71. The van der Waals surface area contributed by atoms with Gasteiger partial charge in [0.1, 0.15) is 5.82 Å². The van der Waals surface area contributed by atoms with E-state index in [0.717, 1.165) is 49.1 Å². The fraction of sp³-hybridized carbons (Fsp3) is 0.381. The third-order valence-electron chi connectivity index (χ3n) is 4.66. The van der Waals surface area contributed by atoms with E-state index in [0.29, 0.717) is 6.04 Å². The van der Waals surface area contributed by atoms with E-state index in [-0.39, 0.29) is 29.8 Å². The minimum Gasteiger partial charge on any atom is -0.371 e. The average molecular weight is 514 g/mol. The van der Waals surface area contributed by atoms with Gasteiger partial charge in [-0.1, -0.05) is 18.2 Å². The van der Waals surface area contributed by atoms with Crippen LogP contribution in [0.1, 0.15) is 12.8 Å². The molecular formula is C21H28FIN4S. The molecule has 0 aliphatic carbocycles. The predicted octanol–water partition coefficient (Wildman–Crippen LogP) is 4.37. The van der Waals surface area contributed by atoms with Crippen molar-refractivity contribution in [3.8, 4) is 0 Å². The second-order valence-corrected chi connectivity index (χ2v) is 7.71. The summed E-state index contributed by atoms with van der Waals surface area (Å²) in [5.41, 5.74) is 1.30. The van der Waals surface area contributed by atoms with E-state index in [4.69, 9.17) is 0 Å². The van der Waals surface area contributed by atoms with Gasteiger partial charge in [-0.25, -0.2) is 4.39 Å². The largest absolute Gasteiger partial charge is 0.371 e. The topological polar surface area (TPSA) is 39.7 Å². The number of nitrogens with zero attached hydrogens (tertiary/aromatic N) is 2. The number of rotatable bonds is 6. The molecule has 0 unspecified atom stereocenters. The maximum atomic E-state index is 12.9. The molecule has 1 fully saturated rings. The van der Waals surface area contributed by atoms with Gasteiger partial charge in [0, 0.05) is 49.1 Å². The molecule has 0 saturated carbocycles. The molecule has 1 aliphatic heterocycles. The highest BCUT2D eigenvalue weighted by molar-refractivity contribution is 14.0. The lowest BCUT2D eigenvalue weighted by molar-refractivity contribution is 0.462. The van der Waals surface area contributed by atoms with Crippen LogP contribution in [0.4, 0.5) is 10.1 Å². The SMILES string of the molecule is CN=C(NCCSc1ccc(F)cc1)NC1CCN(c2ccccc2)CC1.I. The van der Waals surface area contributed by atoms with Crippen LogP contribution < -0.4 is 15.5 Å². The minimum atomic E-state index is -0.194. The summed E-state index contributed by atoms with van der Waals surface area (Å²) in [5, 5.41) is 6.91. The predicted molar refractivity (Wildman–Crippen MR) is 129 cm³/mol. The molecule has 1 heterocycles. The number of piperidine rings is 1. The summed E-state index contributed by atoms with van der Waals surface area (Å²) < 4.78 is 12.9. The second-order valence-electron chi connectivity index (χ2n) is 6.54. The Morgan fingerprint density at radius 3 is 2.43 bits per heavy atom. The van der Waals surface area contributed by atoms with Crippen LogP contribution in [0.2, 0.25) is 0 Å². The molecule has 4 nitrogen and oxygen atoms in total. The Balaban J connectivity index is 0.00000280. The molecule has 2 N–H and O–H groups in total. The Kier molecular flexibility index (Phi) is 9.91. The molecule has 0 aromatic heterocycles. The van der Waals surface area contributed by atoms with Gasteiger partial charge < -0.3 is 15.5 Å². The molecule has 0 atom stereocenters. The highest BCUT2D eigenvalue weighted by Crippen LogP contribution is 2.19. The zero-order valence-electron chi connectivity index (χ0n) is 16.1. The van der Waals surface area contributed by atoms with Gasteiger partial charge in [0.05, 0.1) is 0 Å². The Morgan fingerprint density at radius 1 is 1.11 bits per heavy atom. The average Bonchev–Trinajstić information content (AvgIpc) is 2.72. The van der Waals surface area contributed by atoms with Gasteiger partial charge in [-0.15, -0.1) is 35.7 Å². The molecular weight excluding hydrogens is 486 g/mol. The highest BCUT2D eigenvalue weighted by Gasteiger charge is 2.20. The van der Waals surface area contributed by atoms with Crippen LogP contribution >= 0.6 is 35.7 Å². The monoisotopic (exact) mass is 514 g/mol. The van der Waals surface area contributed by atoms with E-state index < -0.39 is 0 Å². The van der Waals surface area contributed by atoms with Gasteiger partial charge in [0.25, 0.3) is 0 Å². The van der Waals surface area contributed by atoms with Crippen LogP contribution in [-0.4, -0.2) is 44.4 Å². The lowest BCUT2D eigenvalue weighted by atomic mass is 10.0. The lowest BCUT2D eigenvalue weighted by Crippen LogP contribution is -2.49. The summed E-state index contributed by atoms with van der Waals surface area (Å²) in [4.78, 5) is 7.85. The minimum absolute atomic E-state index is 0. The molecule has 3 rings (SSSR count). The molecule has 1 aliphatic rings. The van der Waals surface area contributed by atoms with Crippen molar-refractivity contribution < 1.29 is 4.39 Å². The Hall–Kier alpha value is -1.48. The highest BCUT2D eigenvalue weighted by atomic mass is 127. The normalized spacial score (nSPS) is 15.1. The molecule has 2 aromatic carbocycles. The van der Waals surface area contributed by atoms with Gasteiger partial charge in [0.2, 0.25) is 0 Å². The number of halogens is 2. The van der Waals surface area contributed by atoms with Crippen molar-refractivity contribution in [2.75, 3.05) is 37.3 Å². The van der Waals surface area contributed by atoms with Crippen molar-refractivity contribution in [3.05, 3.63) is 60.4 Å². The van der Waals surface area contributed by atoms with Gasteiger partial charge in [0.15, 0.2) is 5.96 Å². The zero-order valence-corrected chi connectivity index (χ0v) is 19.3. The number of anilines is 1. The van der Waals surface area contributed by atoms with E-state index in [9.17, 15) is 4.39 Å². The molecule has 2 aromatic rings. The molecule has 0 radical (unpaired) electrons. The van der Waals surface area contributed by atoms with Crippen LogP contribution in [0.5, 0.6) is 0 Å². The standard InChI is InChI=1S/C21H27FN4S.HI/c1-23-21(24-13-16-27-20-9-7-17(22)8-10-20)25-18-11-14-26(15-12-18)19-5-3-2-4-6-19;/h2-10,18H,11-16H2,1H3,(H2,23,24,25);1H. The molecule has 0 bridgehead atoms. The summed E-state index contributed by atoms with van der Waals surface area (Å²) in [5.74, 6) is 1.56. The number of para-hydroxylation sites is 1. The molecule has 0 amide bonds. The molecule has 7 heteroatoms. The maximum absolute atomic E-state index is 12.9. The van der Waals surface area contributed by atoms with Gasteiger partial charge >= 0.3 is 0 Å². The number of nitrogens with one attached hydrogen (secondary N) is 2. The van der Waals surface area contributed by atoms with E-state index in [1.807, 2.05) is 19.2 Å². The van der Waals surface area contributed by atoms with Crippen LogP contribution in [0.3, 0.4) is 0 Å². The van der Waals surface area contributed by atoms with Crippen LogP contribution in [-0.2, 0) is 0 Å². The van der Waals surface area contributed by atoms with Crippen molar-refractivity contribution in [3.63, 3.8) is 0 Å². The van der Waals surface area contributed by atoms with Gasteiger partial charge in [-0.2, -0.15) is 0 Å². The van der Waals surface area contributed by atoms with Crippen molar-refractivity contribution in [1.82, 2.24) is 10.6 Å². The van der Waals surface area contributed by atoms with Gasteiger partial charge in [-0.05, 0) is 49.2 Å². The smallest absolute Gasteiger partial charge is 0.191 e. The first kappa shape index (κ1) is 22.8. The Labute approximate surface area is 188 Å². The van der Waals surface area contributed by atoms with Crippen molar-refractivity contribution in [2.24, 2.45) is 4.99 Å². The molecule has 1 saturated heterocycles. The van der Waals surface area contributed by atoms with E-state index in [1.165, 1.54) is 17.8 Å². The molecule has 152 valence electrons. The molecule has 0 spiro atoms. The van der Waals surface area contributed by atoms with Crippen LogP contribution in [0, 0.1) is 5.82 Å². The first-order valence-electron chi connectivity index (χ1n) is 9.40. The van der Waals surface area contributed by atoms with Crippen molar-refractivity contribution >= 4 is 47.4 Å². The summed E-state index contributed by atoms with van der Waals surface area (Å²) in [6.45, 7) is 2.92. The zero-order chi connectivity index (χ0) is 18.9. The fourth-order valence-corrected chi connectivity index (χ4v) is 3.95. The number of guanidine groups is 1. The summed E-state index contributed by atoms with van der Waals surface area (Å²) in [7, 11) is 1.81. The maximum Gasteiger partial charge on any atom is 0.191 e. The Morgan fingerprint density at radius 2 is 1.79 bits per heavy atom. The van der Waals surface area contributed by atoms with Crippen LogP contribution in [0.15, 0.2) is 64.5 Å². The first-order chi connectivity index (χ1) is 13.2. The van der Waals surface area contributed by atoms with E-state index in [2.05, 4.69) is 50.9 Å². The third kappa shape index (κ3) is 7.16. The number of hydrogen-bond donors (Lipinski definition) is 2. The van der Waals surface area contributed by atoms with E-state index >= 15 is 0 Å². The number of benzene rings is 2.